The normalized spacial score (nSPS) is 20.2. The van der Waals surface area contributed by atoms with Gasteiger partial charge in [0.1, 0.15) is 5.78 Å². The minimum absolute atomic E-state index is 0.0188. The largest absolute Gasteiger partial charge is 0.379 e. The van der Waals surface area contributed by atoms with Crippen molar-refractivity contribution in [2.45, 2.75) is 103 Å². The lowest BCUT2D eigenvalue weighted by Crippen LogP contribution is -2.56. The Balaban J connectivity index is 2.23. The van der Waals surface area contributed by atoms with Gasteiger partial charge < -0.3 is 40.1 Å². The van der Waals surface area contributed by atoms with Crippen LogP contribution < -0.4 is 11.1 Å². The molecule has 2 rings (SSSR count). The SMILES string of the molecule is CC[C@H](C)[C@@H]([C@@H](CC(=O)N1CCCC1[C@H](OC)[C@@H](C)C(=O)NC(Cc1ccccc1)P(=O)(O)O)OC)N(C)C(=O)C(N)C(C)C. The molecule has 3 unspecified atom stereocenters. The number of benzene rings is 1. The number of methoxy groups -OCH3 is 2. The summed E-state index contributed by atoms with van der Waals surface area (Å²) < 4.78 is 23.9. The van der Waals surface area contributed by atoms with E-state index in [9.17, 15) is 28.7 Å². The summed E-state index contributed by atoms with van der Waals surface area (Å²) in [6.45, 7) is 9.93. The van der Waals surface area contributed by atoms with Crippen LogP contribution >= 0.6 is 7.60 Å². The van der Waals surface area contributed by atoms with Crippen molar-refractivity contribution in [2.24, 2.45) is 23.5 Å². The van der Waals surface area contributed by atoms with Crippen molar-refractivity contribution in [3.63, 3.8) is 0 Å². The molecule has 0 aromatic heterocycles. The van der Waals surface area contributed by atoms with Crippen molar-refractivity contribution in [3.05, 3.63) is 35.9 Å². The van der Waals surface area contributed by atoms with E-state index >= 15 is 0 Å². The molecule has 1 saturated heterocycles. The van der Waals surface area contributed by atoms with Crippen LogP contribution in [0.2, 0.25) is 0 Å². The quantitative estimate of drug-likeness (QED) is 0.184. The molecular formula is C32H55N4O8P. The maximum absolute atomic E-state index is 13.9. The highest BCUT2D eigenvalue weighted by Gasteiger charge is 2.43. The molecule has 1 aliphatic rings. The van der Waals surface area contributed by atoms with Gasteiger partial charge in [-0.15, -0.1) is 0 Å². The molecule has 1 heterocycles. The Morgan fingerprint density at radius 1 is 1.11 bits per heavy atom. The second-order valence-electron chi connectivity index (χ2n) is 12.7. The molecule has 1 aromatic carbocycles. The van der Waals surface area contributed by atoms with Crippen LogP contribution in [0.3, 0.4) is 0 Å². The number of nitrogens with zero attached hydrogens (tertiary/aromatic N) is 2. The van der Waals surface area contributed by atoms with Crippen LogP contribution in [0.1, 0.15) is 65.9 Å². The Morgan fingerprint density at radius 3 is 2.24 bits per heavy atom. The van der Waals surface area contributed by atoms with Crippen molar-refractivity contribution >= 4 is 25.3 Å². The van der Waals surface area contributed by atoms with Gasteiger partial charge in [0.2, 0.25) is 17.7 Å². The number of hydrogen-bond acceptors (Lipinski definition) is 7. The van der Waals surface area contributed by atoms with Crippen LogP contribution in [0.25, 0.3) is 0 Å². The lowest BCUT2D eigenvalue weighted by atomic mass is 9.89. The average Bonchev–Trinajstić information content (AvgIpc) is 3.49. The summed E-state index contributed by atoms with van der Waals surface area (Å²) in [5.74, 6) is -3.20. The minimum Gasteiger partial charge on any atom is -0.379 e. The number of likely N-dealkylation sites (N-methyl/N-ethyl adjacent to an activating group) is 1. The van der Waals surface area contributed by atoms with E-state index in [1.807, 2.05) is 27.7 Å². The van der Waals surface area contributed by atoms with Gasteiger partial charge in [0.25, 0.3) is 0 Å². The van der Waals surface area contributed by atoms with Crippen LogP contribution in [0.5, 0.6) is 0 Å². The van der Waals surface area contributed by atoms with Crippen LogP contribution in [0, 0.1) is 17.8 Å². The van der Waals surface area contributed by atoms with Gasteiger partial charge in [0, 0.05) is 34.2 Å². The maximum atomic E-state index is 13.9. The van der Waals surface area contributed by atoms with Crippen LogP contribution in [-0.2, 0) is 34.8 Å². The van der Waals surface area contributed by atoms with Gasteiger partial charge in [-0.1, -0.05) is 71.4 Å². The number of nitrogens with one attached hydrogen (secondary N) is 1. The standard InChI is InChI=1S/C32H55N4O8P/c1-9-21(4)29(35(6)32(39)28(33)20(2)3)25(43-7)19-27(37)36-17-13-16-24(36)30(44-8)22(5)31(38)34-26(45(40,41)42)18-23-14-11-10-12-15-23/h10-12,14-15,20-22,24-26,28-30H,9,13,16-19,33H2,1-8H3,(H,34,38)(H2,40,41,42)/t21-,22+,24?,25+,26?,28?,29-,30+/m0/s1. The van der Waals surface area contributed by atoms with Crippen LogP contribution in [0.4, 0.5) is 0 Å². The summed E-state index contributed by atoms with van der Waals surface area (Å²) in [6.07, 6.45) is 0.739. The van der Waals surface area contributed by atoms with Gasteiger partial charge in [-0.25, -0.2) is 0 Å². The number of ether oxygens (including phenoxy) is 2. The summed E-state index contributed by atoms with van der Waals surface area (Å²) in [4.78, 5) is 63.8. The third kappa shape index (κ3) is 10.3. The molecule has 13 heteroatoms. The summed E-state index contributed by atoms with van der Waals surface area (Å²) in [5.41, 5.74) is 6.87. The van der Waals surface area contributed by atoms with Gasteiger partial charge in [-0.3, -0.25) is 18.9 Å². The number of rotatable bonds is 17. The highest BCUT2D eigenvalue weighted by molar-refractivity contribution is 7.52. The second kappa shape index (κ2) is 17.5. The number of hydrogen-bond donors (Lipinski definition) is 4. The third-order valence-corrected chi connectivity index (χ3v) is 10.4. The topological polar surface area (TPSA) is 172 Å². The van der Waals surface area contributed by atoms with Gasteiger partial charge in [-0.05, 0) is 30.2 Å². The number of nitrogens with two attached hydrogens (primary N) is 1. The zero-order valence-corrected chi connectivity index (χ0v) is 29.0. The summed E-state index contributed by atoms with van der Waals surface area (Å²) in [6, 6.07) is 7.31. The Kier molecular flexibility index (Phi) is 15.1. The van der Waals surface area contributed by atoms with Gasteiger partial charge in [0.15, 0.2) is 0 Å². The van der Waals surface area contributed by atoms with Crippen molar-refractivity contribution in [3.8, 4) is 0 Å². The molecule has 1 aromatic rings. The Morgan fingerprint density at radius 2 is 1.73 bits per heavy atom. The van der Waals surface area contributed by atoms with Crippen LogP contribution in [-0.4, -0.2) is 101 Å². The third-order valence-electron chi connectivity index (χ3n) is 9.25. The lowest BCUT2D eigenvalue weighted by molar-refractivity contribution is -0.146. The van der Waals surface area contributed by atoms with Crippen molar-refractivity contribution in [1.82, 2.24) is 15.1 Å². The molecule has 1 fully saturated rings. The second-order valence-corrected chi connectivity index (χ2v) is 14.5. The van der Waals surface area contributed by atoms with Crippen molar-refractivity contribution in [2.75, 3.05) is 27.8 Å². The zero-order chi connectivity index (χ0) is 34.1. The molecule has 5 N–H and O–H groups in total. The van der Waals surface area contributed by atoms with E-state index in [-0.39, 0.29) is 42.5 Å². The predicted molar refractivity (Wildman–Crippen MR) is 173 cm³/mol. The first-order chi connectivity index (χ1) is 21.1. The number of amides is 3. The molecule has 8 atom stereocenters. The Hall–Kier alpha value is -2.34. The monoisotopic (exact) mass is 654 g/mol. The maximum Gasteiger partial charge on any atom is 0.347 e. The molecule has 3 amide bonds. The predicted octanol–water partition coefficient (Wildman–Crippen LogP) is 2.75. The number of likely N-dealkylation sites (tertiary alicyclic amines) is 1. The molecule has 256 valence electrons. The van der Waals surface area contributed by atoms with Crippen molar-refractivity contribution < 1.29 is 38.2 Å². The fourth-order valence-corrected chi connectivity index (χ4v) is 6.96. The fourth-order valence-electron chi connectivity index (χ4n) is 6.21. The van der Waals surface area contributed by atoms with Crippen molar-refractivity contribution in [1.29, 1.82) is 0 Å². The van der Waals surface area contributed by atoms with E-state index in [4.69, 9.17) is 15.2 Å². The van der Waals surface area contributed by atoms with Gasteiger partial charge >= 0.3 is 7.60 Å². The first-order valence-corrected chi connectivity index (χ1v) is 17.5. The van der Waals surface area contributed by atoms with E-state index in [1.165, 1.54) is 14.2 Å². The Bertz CT molecular complexity index is 1150. The van der Waals surface area contributed by atoms with E-state index in [0.29, 0.717) is 24.9 Å². The highest BCUT2D eigenvalue weighted by atomic mass is 31.2. The van der Waals surface area contributed by atoms with E-state index < -0.39 is 49.5 Å². The minimum atomic E-state index is -4.68. The smallest absolute Gasteiger partial charge is 0.347 e. The first kappa shape index (κ1) is 38.8. The van der Waals surface area contributed by atoms with Gasteiger partial charge in [0.05, 0.1) is 42.7 Å². The Labute approximate surface area is 268 Å². The number of carbonyl (C=O) groups is 3. The molecule has 1 aliphatic heterocycles. The van der Waals surface area contributed by atoms with Gasteiger partial charge in [-0.2, -0.15) is 0 Å². The van der Waals surface area contributed by atoms with E-state index in [1.54, 1.807) is 54.1 Å². The first-order valence-electron chi connectivity index (χ1n) is 15.9. The molecule has 0 saturated carbocycles. The average molecular weight is 655 g/mol. The molecule has 45 heavy (non-hydrogen) atoms. The summed E-state index contributed by atoms with van der Waals surface area (Å²) >= 11 is 0. The highest BCUT2D eigenvalue weighted by Crippen LogP contribution is 2.41. The molecular weight excluding hydrogens is 599 g/mol. The lowest BCUT2D eigenvalue weighted by Gasteiger charge is -2.40. The fraction of sp³-hybridized carbons (Fsp3) is 0.719. The van der Waals surface area contributed by atoms with Crippen LogP contribution in [0.15, 0.2) is 30.3 Å². The molecule has 0 spiro atoms. The zero-order valence-electron chi connectivity index (χ0n) is 28.1. The molecule has 0 radical (unpaired) electrons. The summed E-state index contributed by atoms with van der Waals surface area (Å²) in [7, 11) is 0.0298. The van der Waals surface area contributed by atoms with E-state index in [0.717, 1.165) is 6.42 Å². The molecule has 12 nitrogen and oxygen atoms in total. The van der Waals surface area contributed by atoms with E-state index in [2.05, 4.69) is 5.32 Å². The number of carbonyl (C=O) groups excluding carboxylic acids is 3. The summed E-state index contributed by atoms with van der Waals surface area (Å²) in [5, 5.41) is 2.55. The molecule has 0 bridgehead atoms. The molecule has 0 aliphatic carbocycles.